The van der Waals surface area contributed by atoms with Crippen LogP contribution in [0.15, 0.2) is 36.4 Å². The van der Waals surface area contributed by atoms with Gasteiger partial charge >= 0.3 is 0 Å². The third-order valence-corrected chi connectivity index (χ3v) is 4.62. The van der Waals surface area contributed by atoms with Crippen LogP contribution in [-0.4, -0.2) is 18.8 Å². The molecule has 1 N–H and O–H groups in total. The lowest BCUT2D eigenvalue weighted by Crippen LogP contribution is -2.15. The summed E-state index contributed by atoms with van der Waals surface area (Å²) in [5.74, 6) is 1.93. The minimum Gasteiger partial charge on any atom is -0.496 e. The first-order chi connectivity index (χ1) is 11.0. The van der Waals surface area contributed by atoms with Gasteiger partial charge in [0, 0.05) is 22.0 Å². The van der Waals surface area contributed by atoms with E-state index in [1.807, 2.05) is 38.1 Å². The fourth-order valence-electron chi connectivity index (χ4n) is 2.19. The van der Waals surface area contributed by atoms with Crippen molar-refractivity contribution in [2.75, 3.05) is 18.2 Å². The third kappa shape index (κ3) is 5.19. The Hall–Kier alpha value is -1.65. The number of amides is 1. The second-order valence-corrected chi connectivity index (χ2v) is 6.74. The lowest BCUT2D eigenvalue weighted by molar-refractivity contribution is -0.113. The second-order valence-electron chi connectivity index (χ2n) is 5.32. The molecule has 0 heterocycles. The highest BCUT2D eigenvalue weighted by molar-refractivity contribution is 7.99. The molecular formula is C18H20ClNO2S. The quantitative estimate of drug-likeness (QED) is 0.811. The van der Waals surface area contributed by atoms with Crippen LogP contribution in [0.4, 0.5) is 5.69 Å². The van der Waals surface area contributed by atoms with Gasteiger partial charge in [-0.15, -0.1) is 11.8 Å². The van der Waals surface area contributed by atoms with Gasteiger partial charge < -0.3 is 10.1 Å². The molecule has 1 amide bonds. The van der Waals surface area contributed by atoms with E-state index in [4.69, 9.17) is 16.3 Å². The van der Waals surface area contributed by atoms with Gasteiger partial charge in [0.2, 0.25) is 5.91 Å². The van der Waals surface area contributed by atoms with Crippen LogP contribution in [-0.2, 0) is 10.5 Å². The zero-order chi connectivity index (χ0) is 16.8. The van der Waals surface area contributed by atoms with Crippen molar-refractivity contribution in [3.8, 4) is 5.75 Å². The molecule has 0 unspecified atom stereocenters. The van der Waals surface area contributed by atoms with Crippen molar-refractivity contribution in [1.29, 1.82) is 0 Å². The van der Waals surface area contributed by atoms with Crippen molar-refractivity contribution in [3.05, 3.63) is 58.1 Å². The number of methoxy groups -OCH3 is 1. The van der Waals surface area contributed by atoms with Gasteiger partial charge in [-0.2, -0.15) is 0 Å². The molecule has 5 heteroatoms. The lowest BCUT2D eigenvalue weighted by atomic mass is 10.1. The average molecular weight is 350 g/mol. The number of thioether (sulfide) groups is 1. The Kier molecular flexibility index (Phi) is 6.37. The van der Waals surface area contributed by atoms with Gasteiger partial charge in [-0.05, 0) is 37.6 Å². The predicted molar refractivity (Wildman–Crippen MR) is 98.7 cm³/mol. The number of ether oxygens (including phenoxy) is 1. The van der Waals surface area contributed by atoms with E-state index in [1.54, 1.807) is 24.9 Å². The molecule has 122 valence electrons. The Balaban J connectivity index is 1.90. The molecule has 2 rings (SSSR count). The van der Waals surface area contributed by atoms with E-state index in [-0.39, 0.29) is 5.91 Å². The molecule has 0 bridgehead atoms. The van der Waals surface area contributed by atoms with Crippen LogP contribution in [0.3, 0.4) is 0 Å². The zero-order valence-electron chi connectivity index (χ0n) is 13.5. The third-order valence-electron chi connectivity index (χ3n) is 3.40. The summed E-state index contributed by atoms with van der Waals surface area (Å²) in [5.41, 5.74) is 4.04. The molecule has 0 aliphatic heterocycles. The molecular weight excluding hydrogens is 330 g/mol. The molecule has 3 nitrogen and oxygen atoms in total. The summed E-state index contributed by atoms with van der Waals surface area (Å²) in [6.45, 7) is 3.99. The van der Waals surface area contributed by atoms with Crippen molar-refractivity contribution in [3.63, 3.8) is 0 Å². The number of anilines is 1. The van der Waals surface area contributed by atoms with Crippen LogP contribution in [0.2, 0.25) is 5.02 Å². The molecule has 0 fully saturated rings. The number of nitrogens with one attached hydrogen (secondary N) is 1. The molecule has 0 atom stereocenters. The summed E-state index contributed by atoms with van der Waals surface area (Å²) < 4.78 is 5.35. The van der Waals surface area contributed by atoms with Crippen LogP contribution in [0.1, 0.15) is 16.7 Å². The second kappa shape index (κ2) is 8.27. The van der Waals surface area contributed by atoms with Gasteiger partial charge in [0.25, 0.3) is 0 Å². The predicted octanol–water partition coefficient (Wildman–Crippen LogP) is 4.84. The largest absolute Gasteiger partial charge is 0.496 e. The maximum atomic E-state index is 12.1. The summed E-state index contributed by atoms with van der Waals surface area (Å²) in [7, 11) is 1.66. The van der Waals surface area contributed by atoms with Gasteiger partial charge in [0.1, 0.15) is 5.75 Å². The van der Waals surface area contributed by atoms with Crippen LogP contribution < -0.4 is 10.1 Å². The highest BCUT2D eigenvalue weighted by atomic mass is 35.5. The normalized spacial score (nSPS) is 10.4. The van der Waals surface area contributed by atoms with E-state index < -0.39 is 0 Å². The Labute approximate surface area is 146 Å². The van der Waals surface area contributed by atoms with Crippen molar-refractivity contribution >= 4 is 35.0 Å². The Morgan fingerprint density at radius 1 is 1.22 bits per heavy atom. The highest BCUT2D eigenvalue weighted by Gasteiger charge is 2.08. The van der Waals surface area contributed by atoms with Gasteiger partial charge in [-0.1, -0.05) is 35.4 Å². The molecule has 0 saturated carbocycles. The van der Waals surface area contributed by atoms with Crippen molar-refractivity contribution < 1.29 is 9.53 Å². The molecule has 0 aromatic heterocycles. The number of aryl methyl sites for hydroxylation is 2. The minimum absolute atomic E-state index is 0.0352. The van der Waals surface area contributed by atoms with Crippen LogP contribution >= 0.6 is 23.4 Å². The van der Waals surface area contributed by atoms with E-state index >= 15 is 0 Å². The summed E-state index contributed by atoms with van der Waals surface area (Å²) in [6, 6.07) is 11.5. The van der Waals surface area contributed by atoms with Gasteiger partial charge in [0.05, 0.1) is 12.9 Å². The van der Waals surface area contributed by atoms with Crippen LogP contribution in [0.25, 0.3) is 0 Å². The Bertz CT molecular complexity index is 703. The molecule has 0 radical (unpaired) electrons. The van der Waals surface area contributed by atoms with E-state index in [0.29, 0.717) is 10.8 Å². The number of halogens is 1. The van der Waals surface area contributed by atoms with Gasteiger partial charge in [0.15, 0.2) is 0 Å². The molecule has 0 aliphatic carbocycles. The monoisotopic (exact) mass is 349 g/mol. The SMILES string of the molecule is COc1ccc(C)cc1CSCC(=O)Nc1cc(Cl)ccc1C. The number of benzene rings is 2. The number of carbonyl (C=O) groups is 1. The smallest absolute Gasteiger partial charge is 0.234 e. The first kappa shape index (κ1) is 17.7. The molecule has 23 heavy (non-hydrogen) atoms. The topological polar surface area (TPSA) is 38.3 Å². The number of hydrogen-bond donors (Lipinski definition) is 1. The first-order valence-electron chi connectivity index (χ1n) is 7.27. The van der Waals surface area contributed by atoms with E-state index in [9.17, 15) is 4.79 Å². The summed E-state index contributed by atoms with van der Waals surface area (Å²) >= 11 is 7.52. The molecule has 0 aliphatic rings. The minimum atomic E-state index is -0.0352. The molecule has 0 saturated heterocycles. The van der Waals surface area contributed by atoms with Gasteiger partial charge in [-0.25, -0.2) is 0 Å². The van der Waals surface area contributed by atoms with Crippen molar-refractivity contribution in [2.45, 2.75) is 19.6 Å². The van der Waals surface area contributed by atoms with Gasteiger partial charge in [-0.3, -0.25) is 4.79 Å². The van der Waals surface area contributed by atoms with Crippen molar-refractivity contribution in [1.82, 2.24) is 0 Å². The maximum Gasteiger partial charge on any atom is 0.234 e. The molecule has 0 spiro atoms. The van der Waals surface area contributed by atoms with E-state index in [0.717, 1.165) is 28.3 Å². The van der Waals surface area contributed by atoms with E-state index in [1.165, 1.54) is 5.56 Å². The number of rotatable bonds is 6. The first-order valence-corrected chi connectivity index (χ1v) is 8.80. The fraction of sp³-hybridized carbons (Fsp3) is 0.278. The van der Waals surface area contributed by atoms with Crippen molar-refractivity contribution in [2.24, 2.45) is 0 Å². The molecule has 2 aromatic carbocycles. The summed E-state index contributed by atoms with van der Waals surface area (Å²) in [6.07, 6.45) is 0. The van der Waals surface area contributed by atoms with Crippen LogP contribution in [0.5, 0.6) is 5.75 Å². The zero-order valence-corrected chi connectivity index (χ0v) is 15.1. The fourth-order valence-corrected chi connectivity index (χ4v) is 3.17. The van der Waals surface area contributed by atoms with E-state index in [2.05, 4.69) is 11.4 Å². The Morgan fingerprint density at radius 3 is 2.74 bits per heavy atom. The summed E-state index contributed by atoms with van der Waals surface area (Å²) in [4.78, 5) is 12.1. The Morgan fingerprint density at radius 2 is 2.00 bits per heavy atom. The highest BCUT2D eigenvalue weighted by Crippen LogP contribution is 2.25. The summed E-state index contributed by atoms with van der Waals surface area (Å²) in [5, 5.41) is 3.52. The average Bonchev–Trinajstić information content (AvgIpc) is 2.51. The standard InChI is InChI=1S/C18H20ClNO2S/c1-12-4-7-17(22-3)14(8-12)10-23-11-18(21)20-16-9-15(19)6-5-13(16)2/h4-9H,10-11H2,1-3H3,(H,20,21). The number of carbonyl (C=O) groups excluding carboxylic acids is 1. The lowest BCUT2D eigenvalue weighted by Gasteiger charge is -2.10. The maximum absolute atomic E-state index is 12.1. The molecule has 2 aromatic rings. The number of hydrogen-bond acceptors (Lipinski definition) is 3. The van der Waals surface area contributed by atoms with Crippen LogP contribution in [0, 0.1) is 13.8 Å².